The van der Waals surface area contributed by atoms with Gasteiger partial charge in [-0.3, -0.25) is 4.79 Å². The molecule has 1 aliphatic rings. The van der Waals surface area contributed by atoms with E-state index >= 15 is 0 Å². The minimum Gasteiger partial charge on any atom is -0.350 e. The first kappa shape index (κ1) is 14.0. The number of hydrogen-bond acceptors (Lipinski definition) is 3. The molecule has 104 valence electrons. The van der Waals surface area contributed by atoms with Crippen molar-refractivity contribution in [3.05, 3.63) is 35.4 Å². The maximum Gasteiger partial charge on any atom is 0.241 e. The first-order chi connectivity index (χ1) is 9.08. The van der Waals surface area contributed by atoms with Crippen molar-refractivity contribution in [3.8, 4) is 0 Å². The molecule has 1 fully saturated rings. The lowest BCUT2D eigenvalue weighted by Gasteiger charge is -2.31. The third-order valence-electron chi connectivity index (χ3n) is 3.81. The van der Waals surface area contributed by atoms with Crippen molar-refractivity contribution in [1.29, 1.82) is 0 Å². The summed E-state index contributed by atoms with van der Waals surface area (Å²) in [5.74, 6) is -0.0931. The SMILES string of the molecule is Cc1ccc(C(N)C(=O)NC2CCCNC2C)cc1. The van der Waals surface area contributed by atoms with Crippen LogP contribution in [0, 0.1) is 6.92 Å². The first-order valence-electron chi connectivity index (χ1n) is 6.94. The van der Waals surface area contributed by atoms with E-state index in [4.69, 9.17) is 5.73 Å². The molecule has 2 rings (SSSR count). The zero-order chi connectivity index (χ0) is 13.8. The van der Waals surface area contributed by atoms with Crippen LogP contribution in [0.1, 0.15) is 36.9 Å². The lowest BCUT2D eigenvalue weighted by molar-refractivity contribution is -0.123. The fraction of sp³-hybridized carbons (Fsp3) is 0.533. The van der Waals surface area contributed by atoms with Crippen LogP contribution in [-0.2, 0) is 4.79 Å². The van der Waals surface area contributed by atoms with Gasteiger partial charge in [-0.05, 0) is 38.8 Å². The molecule has 1 aromatic rings. The van der Waals surface area contributed by atoms with Crippen molar-refractivity contribution in [1.82, 2.24) is 10.6 Å². The summed E-state index contributed by atoms with van der Waals surface area (Å²) >= 11 is 0. The number of hydrogen-bond donors (Lipinski definition) is 3. The highest BCUT2D eigenvalue weighted by atomic mass is 16.2. The van der Waals surface area contributed by atoms with E-state index in [-0.39, 0.29) is 11.9 Å². The third kappa shape index (κ3) is 3.55. The van der Waals surface area contributed by atoms with E-state index in [2.05, 4.69) is 17.6 Å². The molecule has 0 aliphatic carbocycles. The van der Waals surface area contributed by atoms with Gasteiger partial charge in [-0.1, -0.05) is 29.8 Å². The molecule has 4 heteroatoms. The lowest BCUT2D eigenvalue weighted by Crippen LogP contribution is -2.53. The van der Waals surface area contributed by atoms with Gasteiger partial charge in [0.05, 0.1) is 0 Å². The number of aryl methyl sites for hydroxylation is 1. The van der Waals surface area contributed by atoms with Gasteiger partial charge >= 0.3 is 0 Å². The second-order valence-electron chi connectivity index (χ2n) is 5.39. The Hall–Kier alpha value is -1.39. The van der Waals surface area contributed by atoms with E-state index in [1.54, 1.807) is 0 Å². The van der Waals surface area contributed by atoms with Crippen LogP contribution in [0.4, 0.5) is 0 Å². The van der Waals surface area contributed by atoms with Crippen LogP contribution < -0.4 is 16.4 Å². The number of rotatable bonds is 3. The Morgan fingerprint density at radius 3 is 2.74 bits per heavy atom. The van der Waals surface area contributed by atoms with Gasteiger partial charge in [0.25, 0.3) is 0 Å². The molecule has 0 radical (unpaired) electrons. The van der Waals surface area contributed by atoms with E-state index in [1.807, 2.05) is 31.2 Å². The Morgan fingerprint density at radius 2 is 2.11 bits per heavy atom. The maximum absolute atomic E-state index is 12.2. The van der Waals surface area contributed by atoms with Gasteiger partial charge < -0.3 is 16.4 Å². The highest BCUT2D eigenvalue weighted by Crippen LogP contribution is 2.14. The van der Waals surface area contributed by atoms with E-state index in [1.165, 1.54) is 5.56 Å². The summed E-state index contributed by atoms with van der Waals surface area (Å²) in [7, 11) is 0. The largest absolute Gasteiger partial charge is 0.350 e. The molecular formula is C15H23N3O. The summed E-state index contributed by atoms with van der Waals surface area (Å²) in [6.07, 6.45) is 2.11. The van der Waals surface area contributed by atoms with Crippen molar-refractivity contribution in [2.45, 2.75) is 44.8 Å². The fourth-order valence-electron chi connectivity index (χ4n) is 2.44. The van der Waals surface area contributed by atoms with Gasteiger partial charge in [0.1, 0.15) is 6.04 Å². The molecule has 19 heavy (non-hydrogen) atoms. The standard InChI is InChI=1S/C15H23N3O/c1-10-5-7-12(8-6-10)14(16)15(19)18-13-4-3-9-17-11(13)2/h5-8,11,13-14,17H,3-4,9,16H2,1-2H3,(H,18,19). The van der Waals surface area contributed by atoms with Crippen LogP contribution in [0.25, 0.3) is 0 Å². The van der Waals surface area contributed by atoms with E-state index in [9.17, 15) is 4.79 Å². The number of carbonyl (C=O) groups excluding carboxylic acids is 1. The molecule has 1 aromatic carbocycles. The number of benzene rings is 1. The topological polar surface area (TPSA) is 67.2 Å². The van der Waals surface area contributed by atoms with Gasteiger partial charge in [-0.25, -0.2) is 0 Å². The van der Waals surface area contributed by atoms with Gasteiger partial charge in [-0.15, -0.1) is 0 Å². The zero-order valence-corrected chi connectivity index (χ0v) is 11.6. The molecule has 4 N–H and O–H groups in total. The molecule has 3 unspecified atom stereocenters. The number of carbonyl (C=O) groups is 1. The Kier molecular flexibility index (Phi) is 4.56. The Bertz CT molecular complexity index is 430. The minimum absolute atomic E-state index is 0.0931. The highest BCUT2D eigenvalue weighted by Gasteiger charge is 2.25. The normalized spacial score (nSPS) is 24.8. The number of nitrogens with one attached hydrogen (secondary N) is 2. The summed E-state index contributed by atoms with van der Waals surface area (Å²) in [4.78, 5) is 12.2. The van der Waals surface area contributed by atoms with E-state index in [0.29, 0.717) is 6.04 Å². The fourth-order valence-corrected chi connectivity index (χ4v) is 2.44. The summed E-state index contributed by atoms with van der Waals surface area (Å²) in [6.45, 7) is 5.14. The Balaban J connectivity index is 1.97. The number of piperidine rings is 1. The third-order valence-corrected chi connectivity index (χ3v) is 3.81. The quantitative estimate of drug-likeness (QED) is 0.767. The molecule has 4 nitrogen and oxygen atoms in total. The maximum atomic E-state index is 12.2. The van der Waals surface area contributed by atoms with Crippen molar-refractivity contribution in [2.75, 3.05) is 6.54 Å². The van der Waals surface area contributed by atoms with Crippen molar-refractivity contribution >= 4 is 5.91 Å². The van der Waals surface area contributed by atoms with Crippen LogP contribution in [-0.4, -0.2) is 24.5 Å². The molecule has 1 heterocycles. The average Bonchev–Trinajstić information content (AvgIpc) is 2.41. The summed E-state index contributed by atoms with van der Waals surface area (Å²) in [5, 5.41) is 6.42. The van der Waals surface area contributed by atoms with E-state index < -0.39 is 6.04 Å². The smallest absolute Gasteiger partial charge is 0.241 e. The molecule has 0 spiro atoms. The summed E-state index contributed by atoms with van der Waals surface area (Å²) in [6, 6.07) is 7.69. The molecular weight excluding hydrogens is 238 g/mol. The van der Waals surface area contributed by atoms with Crippen molar-refractivity contribution < 1.29 is 4.79 Å². The van der Waals surface area contributed by atoms with Gasteiger partial charge in [0.15, 0.2) is 0 Å². The highest BCUT2D eigenvalue weighted by molar-refractivity contribution is 5.83. The van der Waals surface area contributed by atoms with Crippen molar-refractivity contribution in [3.63, 3.8) is 0 Å². The average molecular weight is 261 g/mol. The molecule has 0 saturated carbocycles. The van der Waals surface area contributed by atoms with Crippen molar-refractivity contribution in [2.24, 2.45) is 5.73 Å². The van der Waals surface area contributed by atoms with Gasteiger partial charge in [0, 0.05) is 12.1 Å². The molecule has 1 saturated heterocycles. The van der Waals surface area contributed by atoms with Crippen LogP contribution in [0.5, 0.6) is 0 Å². The summed E-state index contributed by atoms with van der Waals surface area (Å²) in [5.41, 5.74) is 8.05. The van der Waals surface area contributed by atoms with E-state index in [0.717, 1.165) is 24.9 Å². The zero-order valence-electron chi connectivity index (χ0n) is 11.6. The number of amides is 1. The Morgan fingerprint density at radius 1 is 1.42 bits per heavy atom. The lowest BCUT2D eigenvalue weighted by atomic mass is 9.98. The van der Waals surface area contributed by atoms with Gasteiger partial charge in [-0.2, -0.15) is 0 Å². The molecule has 3 atom stereocenters. The minimum atomic E-state index is -0.588. The Labute approximate surface area is 114 Å². The monoisotopic (exact) mass is 261 g/mol. The van der Waals surface area contributed by atoms with Crippen LogP contribution in [0.15, 0.2) is 24.3 Å². The predicted molar refractivity (Wildman–Crippen MR) is 76.7 cm³/mol. The van der Waals surface area contributed by atoms with Gasteiger partial charge in [0.2, 0.25) is 5.91 Å². The van der Waals surface area contributed by atoms with Crippen LogP contribution in [0.3, 0.4) is 0 Å². The van der Waals surface area contributed by atoms with Crippen LogP contribution >= 0.6 is 0 Å². The molecule has 0 bridgehead atoms. The second kappa shape index (κ2) is 6.17. The predicted octanol–water partition coefficient (Wildman–Crippen LogP) is 1.25. The molecule has 1 amide bonds. The summed E-state index contributed by atoms with van der Waals surface area (Å²) < 4.78 is 0. The molecule has 0 aromatic heterocycles. The van der Waals surface area contributed by atoms with Crippen LogP contribution in [0.2, 0.25) is 0 Å². The first-order valence-corrected chi connectivity index (χ1v) is 6.94. The molecule has 1 aliphatic heterocycles. The second-order valence-corrected chi connectivity index (χ2v) is 5.39. The number of nitrogens with two attached hydrogens (primary N) is 1.